The quantitative estimate of drug-likeness (QED) is 0.805. The van der Waals surface area contributed by atoms with Crippen molar-refractivity contribution in [2.75, 3.05) is 33.4 Å². The second-order valence-electron chi connectivity index (χ2n) is 6.06. The third-order valence-corrected chi connectivity index (χ3v) is 4.63. The SMILES string of the molecule is COCC(=O)N1CCOC2C(CNC(=O)c3cnccn3)CCC21. The minimum atomic E-state index is -0.241. The molecule has 3 unspecified atom stereocenters. The van der Waals surface area contributed by atoms with Crippen molar-refractivity contribution >= 4 is 11.8 Å². The fourth-order valence-corrected chi connectivity index (χ4v) is 3.53. The molecule has 2 fully saturated rings. The van der Waals surface area contributed by atoms with Crippen LogP contribution in [0.3, 0.4) is 0 Å². The zero-order chi connectivity index (χ0) is 16.9. The molecule has 1 N–H and O–H groups in total. The lowest BCUT2D eigenvalue weighted by atomic mass is 10.0. The van der Waals surface area contributed by atoms with Gasteiger partial charge >= 0.3 is 0 Å². The third-order valence-electron chi connectivity index (χ3n) is 4.63. The van der Waals surface area contributed by atoms with E-state index in [2.05, 4.69) is 15.3 Å². The van der Waals surface area contributed by atoms with Gasteiger partial charge in [0.2, 0.25) is 5.91 Å². The lowest BCUT2D eigenvalue weighted by molar-refractivity contribution is -0.149. The number of hydrogen-bond donors (Lipinski definition) is 1. The summed E-state index contributed by atoms with van der Waals surface area (Å²) in [6.45, 7) is 1.72. The summed E-state index contributed by atoms with van der Waals surface area (Å²) in [6, 6.07) is 0.0693. The van der Waals surface area contributed by atoms with Gasteiger partial charge in [0.1, 0.15) is 12.3 Å². The van der Waals surface area contributed by atoms with Crippen LogP contribution >= 0.6 is 0 Å². The summed E-state index contributed by atoms with van der Waals surface area (Å²) in [4.78, 5) is 34.0. The Bertz CT molecular complexity index is 583. The molecule has 3 rings (SSSR count). The van der Waals surface area contributed by atoms with Crippen molar-refractivity contribution < 1.29 is 19.1 Å². The maximum Gasteiger partial charge on any atom is 0.271 e. The maximum atomic E-state index is 12.2. The van der Waals surface area contributed by atoms with E-state index in [-0.39, 0.29) is 36.5 Å². The Morgan fingerprint density at radius 2 is 2.29 bits per heavy atom. The topological polar surface area (TPSA) is 93.7 Å². The molecule has 0 radical (unpaired) electrons. The van der Waals surface area contributed by atoms with Gasteiger partial charge in [-0.25, -0.2) is 4.98 Å². The molecule has 0 bridgehead atoms. The largest absolute Gasteiger partial charge is 0.375 e. The summed E-state index contributed by atoms with van der Waals surface area (Å²) in [7, 11) is 1.52. The van der Waals surface area contributed by atoms with E-state index < -0.39 is 0 Å². The molecule has 1 saturated carbocycles. The lowest BCUT2D eigenvalue weighted by Crippen LogP contribution is -2.54. The highest BCUT2D eigenvalue weighted by atomic mass is 16.5. The summed E-state index contributed by atoms with van der Waals surface area (Å²) in [6.07, 6.45) is 6.21. The van der Waals surface area contributed by atoms with Gasteiger partial charge in [-0.1, -0.05) is 0 Å². The minimum absolute atomic E-state index is 0.0000421. The van der Waals surface area contributed by atoms with Crippen molar-refractivity contribution in [1.82, 2.24) is 20.2 Å². The maximum absolute atomic E-state index is 12.2. The highest BCUT2D eigenvalue weighted by Gasteiger charge is 2.44. The molecule has 2 amide bonds. The summed E-state index contributed by atoms with van der Waals surface area (Å²) in [5.41, 5.74) is 0.300. The van der Waals surface area contributed by atoms with Crippen molar-refractivity contribution in [3.05, 3.63) is 24.3 Å². The van der Waals surface area contributed by atoms with Crippen LogP contribution in [-0.2, 0) is 14.3 Å². The number of morpholine rings is 1. The van der Waals surface area contributed by atoms with Crippen LogP contribution in [0.4, 0.5) is 0 Å². The smallest absolute Gasteiger partial charge is 0.271 e. The van der Waals surface area contributed by atoms with E-state index >= 15 is 0 Å². The fourth-order valence-electron chi connectivity index (χ4n) is 3.53. The minimum Gasteiger partial charge on any atom is -0.375 e. The van der Waals surface area contributed by atoms with E-state index in [0.29, 0.717) is 25.4 Å². The predicted molar refractivity (Wildman–Crippen MR) is 84.2 cm³/mol. The first kappa shape index (κ1) is 16.8. The zero-order valence-electron chi connectivity index (χ0n) is 13.7. The van der Waals surface area contributed by atoms with E-state index in [4.69, 9.17) is 9.47 Å². The molecule has 2 aliphatic rings. The Kier molecular flexibility index (Phi) is 5.37. The normalized spacial score (nSPS) is 26.0. The summed E-state index contributed by atoms with van der Waals surface area (Å²) in [5, 5.41) is 2.89. The number of carbonyl (C=O) groups is 2. The Labute approximate surface area is 140 Å². The number of methoxy groups -OCH3 is 1. The molecule has 0 aromatic carbocycles. The number of ether oxygens (including phenoxy) is 2. The van der Waals surface area contributed by atoms with Crippen LogP contribution < -0.4 is 5.32 Å². The molecule has 1 aliphatic carbocycles. The van der Waals surface area contributed by atoms with Crippen LogP contribution in [0, 0.1) is 5.92 Å². The van der Waals surface area contributed by atoms with Gasteiger partial charge in [0, 0.05) is 38.5 Å². The Hall–Kier alpha value is -2.06. The number of hydrogen-bond acceptors (Lipinski definition) is 6. The predicted octanol–water partition coefficient (Wildman–Crippen LogP) is -0.141. The molecule has 1 saturated heterocycles. The Morgan fingerprint density at radius 1 is 1.42 bits per heavy atom. The highest BCUT2D eigenvalue weighted by molar-refractivity contribution is 5.91. The number of nitrogens with one attached hydrogen (secondary N) is 1. The Morgan fingerprint density at radius 3 is 3.04 bits per heavy atom. The molecule has 0 spiro atoms. The standard InChI is InChI=1S/C16H22N4O4/c1-23-10-14(21)20-6-7-24-15-11(2-3-13(15)20)8-19-16(22)12-9-17-4-5-18-12/h4-5,9,11,13,15H,2-3,6-8,10H2,1H3,(H,19,22). The van der Waals surface area contributed by atoms with Gasteiger partial charge in [-0.2, -0.15) is 0 Å². The molecule has 1 aromatic heterocycles. The fraction of sp³-hybridized carbons (Fsp3) is 0.625. The first-order valence-electron chi connectivity index (χ1n) is 8.15. The molecule has 1 aromatic rings. The van der Waals surface area contributed by atoms with Crippen LogP contribution in [0.25, 0.3) is 0 Å². The van der Waals surface area contributed by atoms with Crippen LogP contribution in [0.5, 0.6) is 0 Å². The number of aromatic nitrogens is 2. The van der Waals surface area contributed by atoms with Crippen molar-refractivity contribution in [2.45, 2.75) is 25.0 Å². The second-order valence-corrected chi connectivity index (χ2v) is 6.06. The second kappa shape index (κ2) is 7.67. The van der Waals surface area contributed by atoms with Crippen LogP contribution in [0.1, 0.15) is 23.3 Å². The van der Waals surface area contributed by atoms with Gasteiger partial charge in [-0.3, -0.25) is 14.6 Å². The summed E-state index contributed by atoms with van der Waals surface area (Å²) < 4.78 is 10.9. The number of rotatable bonds is 5. The number of fused-ring (bicyclic) bond motifs is 1. The molecule has 24 heavy (non-hydrogen) atoms. The van der Waals surface area contributed by atoms with Gasteiger partial charge in [0.05, 0.1) is 24.9 Å². The first-order valence-corrected chi connectivity index (χ1v) is 8.15. The number of amides is 2. The van der Waals surface area contributed by atoms with Crippen LogP contribution in [0.15, 0.2) is 18.6 Å². The molecular formula is C16H22N4O4. The van der Waals surface area contributed by atoms with Crippen LogP contribution in [0.2, 0.25) is 0 Å². The van der Waals surface area contributed by atoms with Crippen molar-refractivity contribution in [3.8, 4) is 0 Å². The van der Waals surface area contributed by atoms with Gasteiger partial charge in [0.15, 0.2) is 0 Å². The zero-order valence-corrected chi connectivity index (χ0v) is 13.7. The highest BCUT2D eigenvalue weighted by Crippen LogP contribution is 2.34. The number of carbonyl (C=O) groups excluding carboxylic acids is 2. The summed E-state index contributed by atoms with van der Waals surface area (Å²) >= 11 is 0. The van der Waals surface area contributed by atoms with Gasteiger partial charge in [-0.15, -0.1) is 0 Å². The molecule has 3 atom stereocenters. The van der Waals surface area contributed by atoms with Gasteiger partial charge < -0.3 is 19.7 Å². The average molecular weight is 334 g/mol. The molecule has 2 heterocycles. The lowest BCUT2D eigenvalue weighted by Gasteiger charge is -2.39. The first-order chi connectivity index (χ1) is 11.7. The Balaban J connectivity index is 1.57. The van der Waals surface area contributed by atoms with Crippen LogP contribution in [-0.4, -0.2) is 72.2 Å². The van der Waals surface area contributed by atoms with E-state index in [1.54, 1.807) is 0 Å². The molecule has 8 heteroatoms. The van der Waals surface area contributed by atoms with Crippen molar-refractivity contribution in [3.63, 3.8) is 0 Å². The van der Waals surface area contributed by atoms with E-state index in [0.717, 1.165) is 12.8 Å². The van der Waals surface area contributed by atoms with Crippen molar-refractivity contribution in [1.29, 1.82) is 0 Å². The van der Waals surface area contributed by atoms with E-state index in [9.17, 15) is 9.59 Å². The monoisotopic (exact) mass is 334 g/mol. The summed E-state index contributed by atoms with van der Waals surface area (Å²) in [5.74, 6) is -0.0523. The molecule has 8 nitrogen and oxygen atoms in total. The van der Waals surface area contributed by atoms with E-state index in [1.807, 2.05) is 4.90 Å². The average Bonchev–Trinajstić information content (AvgIpc) is 3.03. The van der Waals surface area contributed by atoms with Gasteiger partial charge in [-0.05, 0) is 12.8 Å². The molecule has 130 valence electrons. The van der Waals surface area contributed by atoms with Gasteiger partial charge in [0.25, 0.3) is 5.91 Å². The molecular weight excluding hydrogens is 312 g/mol. The van der Waals surface area contributed by atoms with E-state index in [1.165, 1.54) is 25.7 Å². The third kappa shape index (κ3) is 3.54. The van der Waals surface area contributed by atoms with Crippen molar-refractivity contribution in [2.24, 2.45) is 5.92 Å². The number of nitrogens with zero attached hydrogens (tertiary/aromatic N) is 3. The molecule has 1 aliphatic heterocycles.